The van der Waals surface area contributed by atoms with Gasteiger partial charge in [0.2, 0.25) is 0 Å². The zero-order valence-corrected chi connectivity index (χ0v) is 15.5. The molecule has 2 nitrogen and oxygen atoms in total. The van der Waals surface area contributed by atoms with Gasteiger partial charge in [-0.05, 0) is 24.8 Å². The molecule has 1 radical (unpaired) electrons. The van der Waals surface area contributed by atoms with Gasteiger partial charge in [-0.1, -0.05) is 22.3 Å². The van der Waals surface area contributed by atoms with Crippen molar-refractivity contribution >= 4 is 21.6 Å². The van der Waals surface area contributed by atoms with Gasteiger partial charge >= 0.3 is 0 Å². The first-order valence-electron chi connectivity index (χ1n) is 5.79. The average molecular weight is 394 g/mol. The van der Waals surface area contributed by atoms with Gasteiger partial charge in [-0.15, -0.1) is 28.1 Å². The predicted octanol–water partition coefficient (Wildman–Crippen LogP) is 3.96. The molecule has 4 heteroatoms. The molecular formula is C15H15BrNOY-. The minimum absolute atomic E-state index is 0. The van der Waals surface area contributed by atoms with Crippen molar-refractivity contribution in [2.24, 2.45) is 0 Å². The fourth-order valence-corrected chi connectivity index (χ4v) is 2.14. The van der Waals surface area contributed by atoms with E-state index in [0.717, 1.165) is 27.2 Å². The smallest absolute Gasteiger partial charge is 0.117 e. The molecule has 0 N–H and O–H groups in total. The first-order valence-corrected chi connectivity index (χ1v) is 6.58. The number of ether oxygens (including phenoxy) is 1. The number of likely N-dealkylation sites (N-methyl/N-ethyl adjacent to an activating group) is 1. The monoisotopic (exact) mass is 393 g/mol. The van der Waals surface area contributed by atoms with Crippen LogP contribution in [0.4, 0.5) is 0 Å². The van der Waals surface area contributed by atoms with Crippen LogP contribution in [0, 0.1) is 6.08 Å². The molecule has 0 aliphatic carbocycles. The van der Waals surface area contributed by atoms with Crippen LogP contribution in [0.25, 0.3) is 5.70 Å². The van der Waals surface area contributed by atoms with Crippen LogP contribution in [0.5, 0.6) is 5.75 Å². The number of allylic oxidation sites excluding steroid dienone is 3. The van der Waals surface area contributed by atoms with Crippen LogP contribution >= 0.6 is 15.9 Å². The number of halogens is 1. The first-order chi connectivity index (χ1) is 8.63. The van der Waals surface area contributed by atoms with Crippen LogP contribution < -0.4 is 4.74 Å². The van der Waals surface area contributed by atoms with Gasteiger partial charge < -0.3 is 9.64 Å². The first kappa shape index (κ1) is 16.7. The summed E-state index contributed by atoms with van der Waals surface area (Å²) in [5.74, 6) is 0.885. The molecular weight excluding hydrogens is 379 g/mol. The van der Waals surface area contributed by atoms with Crippen LogP contribution in [0.1, 0.15) is 12.5 Å². The number of hydrogen-bond donors (Lipinski definition) is 0. The van der Waals surface area contributed by atoms with Gasteiger partial charge in [0.25, 0.3) is 0 Å². The van der Waals surface area contributed by atoms with Crippen LogP contribution in [0.2, 0.25) is 0 Å². The van der Waals surface area contributed by atoms with Crippen molar-refractivity contribution in [3.8, 4) is 5.75 Å². The molecule has 1 aromatic rings. The van der Waals surface area contributed by atoms with E-state index in [-0.39, 0.29) is 32.7 Å². The van der Waals surface area contributed by atoms with Crippen molar-refractivity contribution in [3.63, 3.8) is 0 Å². The topological polar surface area (TPSA) is 12.5 Å². The van der Waals surface area contributed by atoms with Crippen molar-refractivity contribution in [2.45, 2.75) is 6.92 Å². The molecule has 0 amide bonds. The van der Waals surface area contributed by atoms with Crippen molar-refractivity contribution < 1.29 is 37.4 Å². The Hall–Kier alpha value is -0.376. The maximum atomic E-state index is 5.43. The van der Waals surface area contributed by atoms with Gasteiger partial charge in [0.05, 0.1) is 6.61 Å². The van der Waals surface area contributed by atoms with Crippen LogP contribution in [0.15, 0.2) is 47.1 Å². The summed E-state index contributed by atoms with van der Waals surface area (Å²) in [5.41, 5.74) is 3.03. The predicted molar refractivity (Wildman–Crippen MR) is 78.2 cm³/mol. The minimum atomic E-state index is 0. The van der Waals surface area contributed by atoms with E-state index in [2.05, 4.69) is 28.6 Å². The van der Waals surface area contributed by atoms with Crippen LogP contribution in [-0.2, 0) is 32.7 Å². The Labute approximate surface area is 148 Å². The molecule has 1 aliphatic heterocycles. The second-order valence-corrected chi connectivity index (χ2v) is 4.80. The number of rotatable bonds is 3. The van der Waals surface area contributed by atoms with Gasteiger partial charge in [-0.2, -0.15) is 12.2 Å². The molecule has 1 aliphatic rings. The second-order valence-electron chi connectivity index (χ2n) is 3.95. The minimum Gasteiger partial charge on any atom is -0.494 e. The molecule has 97 valence electrons. The van der Waals surface area contributed by atoms with E-state index in [1.54, 1.807) is 0 Å². The summed E-state index contributed by atoms with van der Waals surface area (Å²) in [6.45, 7) is 6.68. The third-order valence-corrected chi connectivity index (χ3v) is 3.48. The molecule has 0 fully saturated rings. The van der Waals surface area contributed by atoms with Crippen molar-refractivity contribution in [2.75, 3.05) is 13.7 Å². The van der Waals surface area contributed by atoms with E-state index in [9.17, 15) is 0 Å². The molecule has 0 bridgehead atoms. The summed E-state index contributed by atoms with van der Waals surface area (Å²) in [6, 6.07) is 8.00. The van der Waals surface area contributed by atoms with Crippen molar-refractivity contribution in [1.29, 1.82) is 0 Å². The van der Waals surface area contributed by atoms with Gasteiger partial charge in [0.15, 0.2) is 0 Å². The SMILES string of the molecule is C=C1C(Br)=C[C-]=C(c2ccc(OCC)cc2)N1C.[Y]. The third kappa shape index (κ3) is 3.81. The van der Waals surface area contributed by atoms with Gasteiger partial charge in [0.1, 0.15) is 5.75 Å². The largest absolute Gasteiger partial charge is 0.494 e. The quantitative estimate of drug-likeness (QED) is 0.720. The Balaban J connectivity index is 0.00000180. The Bertz CT molecular complexity index is 519. The Kier molecular flexibility index (Phi) is 6.51. The van der Waals surface area contributed by atoms with E-state index in [4.69, 9.17) is 4.74 Å². The Morgan fingerprint density at radius 3 is 2.53 bits per heavy atom. The summed E-state index contributed by atoms with van der Waals surface area (Å²) in [6.07, 6.45) is 5.15. The standard InChI is InChI=1S/C15H15BrNO.Y/c1-4-18-13-7-5-12(6-8-13)15-10-9-14(16)11(2)17(15)3;/h5-9H,2,4H2,1,3H3;/q-1;. The van der Waals surface area contributed by atoms with Crippen molar-refractivity contribution in [3.05, 3.63) is 58.7 Å². The van der Waals surface area contributed by atoms with E-state index in [1.807, 2.05) is 49.2 Å². The average Bonchev–Trinajstić information content (AvgIpc) is 2.38. The van der Waals surface area contributed by atoms with Gasteiger partial charge in [0, 0.05) is 39.8 Å². The Morgan fingerprint density at radius 2 is 1.95 bits per heavy atom. The molecule has 19 heavy (non-hydrogen) atoms. The maximum absolute atomic E-state index is 5.43. The summed E-state index contributed by atoms with van der Waals surface area (Å²) in [5, 5.41) is 0. The molecule has 2 rings (SSSR count). The molecule has 0 saturated heterocycles. The fourth-order valence-electron chi connectivity index (χ4n) is 1.76. The molecule has 0 aromatic heterocycles. The zero-order valence-electron chi connectivity index (χ0n) is 11.1. The zero-order chi connectivity index (χ0) is 13.1. The van der Waals surface area contributed by atoms with Gasteiger partial charge in [-0.25, -0.2) is 0 Å². The molecule has 0 atom stereocenters. The summed E-state index contributed by atoms with van der Waals surface area (Å²) < 4.78 is 6.39. The summed E-state index contributed by atoms with van der Waals surface area (Å²) >= 11 is 3.45. The Morgan fingerprint density at radius 1 is 1.32 bits per heavy atom. The van der Waals surface area contributed by atoms with Crippen LogP contribution in [-0.4, -0.2) is 18.6 Å². The number of hydrogen-bond acceptors (Lipinski definition) is 2. The normalized spacial score (nSPS) is 14.5. The third-order valence-electron chi connectivity index (χ3n) is 2.79. The molecule has 1 aromatic carbocycles. The maximum Gasteiger partial charge on any atom is 0.117 e. The summed E-state index contributed by atoms with van der Waals surface area (Å²) in [7, 11) is 1.98. The summed E-state index contributed by atoms with van der Waals surface area (Å²) in [4.78, 5) is 2.01. The van der Waals surface area contributed by atoms with E-state index in [0.29, 0.717) is 6.61 Å². The van der Waals surface area contributed by atoms with E-state index in [1.165, 1.54) is 0 Å². The fraction of sp³-hybridized carbons (Fsp3) is 0.200. The van der Waals surface area contributed by atoms with E-state index >= 15 is 0 Å². The van der Waals surface area contributed by atoms with Crippen molar-refractivity contribution in [1.82, 2.24) is 4.90 Å². The number of nitrogens with zero attached hydrogens (tertiary/aromatic N) is 1. The van der Waals surface area contributed by atoms with E-state index < -0.39 is 0 Å². The molecule has 0 saturated carbocycles. The molecule has 0 spiro atoms. The van der Waals surface area contributed by atoms with Gasteiger partial charge in [-0.3, -0.25) is 0 Å². The number of benzene rings is 1. The molecule has 1 heterocycles. The van der Waals surface area contributed by atoms with Crippen LogP contribution in [0.3, 0.4) is 0 Å². The second kappa shape index (κ2) is 7.42. The molecule has 0 unspecified atom stereocenters.